The Morgan fingerprint density at radius 2 is 1.95 bits per heavy atom. The van der Waals surface area contributed by atoms with Gasteiger partial charge in [0.2, 0.25) is 0 Å². The molecule has 1 aliphatic rings. The minimum atomic E-state index is -0.404. The number of nitrogens with zero attached hydrogens (tertiary/aromatic N) is 1. The first-order valence-corrected chi connectivity index (χ1v) is 7.12. The first-order valence-electron chi connectivity index (χ1n) is 7.12. The molecule has 0 amide bonds. The van der Waals surface area contributed by atoms with Crippen LogP contribution in [0, 0.1) is 24.1 Å². The lowest BCUT2D eigenvalue weighted by Gasteiger charge is -2.20. The summed E-state index contributed by atoms with van der Waals surface area (Å²) in [4.78, 5) is 0. The maximum Gasteiger partial charge on any atom is 0.126 e. The van der Waals surface area contributed by atoms with E-state index in [9.17, 15) is 9.65 Å². The van der Waals surface area contributed by atoms with Crippen LogP contribution in [0.3, 0.4) is 0 Å². The molecule has 1 aromatic rings. The molecule has 2 rings (SSSR count). The second kappa shape index (κ2) is 6.68. The molecule has 1 aromatic carbocycles. The van der Waals surface area contributed by atoms with E-state index in [2.05, 4.69) is 11.4 Å². The highest BCUT2D eigenvalue weighted by molar-refractivity contribution is 5.29. The lowest BCUT2D eigenvalue weighted by atomic mass is 10.0. The van der Waals surface area contributed by atoms with Crippen molar-refractivity contribution in [1.29, 1.82) is 5.26 Å². The lowest BCUT2D eigenvalue weighted by Crippen LogP contribution is -2.31. The molecule has 0 heterocycles. The van der Waals surface area contributed by atoms with Crippen molar-refractivity contribution in [3.05, 3.63) is 35.1 Å². The van der Waals surface area contributed by atoms with Crippen LogP contribution in [0.4, 0.5) is 4.39 Å². The molecule has 1 atom stereocenters. The molecule has 0 radical (unpaired) electrons. The third kappa shape index (κ3) is 3.78. The molecule has 1 unspecified atom stereocenters. The summed E-state index contributed by atoms with van der Waals surface area (Å²) in [5, 5.41) is 12.7. The molecule has 2 nitrogen and oxygen atoms in total. The van der Waals surface area contributed by atoms with E-state index in [1.165, 1.54) is 31.7 Å². The molecule has 0 aliphatic heterocycles. The van der Waals surface area contributed by atoms with Crippen molar-refractivity contribution in [1.82, 2.24) is 5.32 Å². The highest BCUT2D eigenvalue weighted by Crippen LogP contribution is 2.22. The average Bonchev–Trinajstić information content (AvgIpc) is 2.68. The number of nitrogens with one attached hydrogen (secondary N) is 1. The molecule has 0 aromatic heterocycles. The Morgan fingerprint density at radius 3 is 2.53 bits per heavy atom. The van der Waals surface area contributed by atoms with Gasteiger partial charge in [0.15, 0.2) is 0 Å². The predicted molar refractivity (Wildman–Crippen MR) is 74.1 cm³/mol. The maximum atomic E-state index is 13.6. The summed E-state index contributed by atoms with van der Waals surface area (Å²) in [5.41, 5.74) is 1.35. The second-order valence-corrected chi connectivity index (χ2v) is 5.43. The third-order valence-electron chi connectivity index (χ3n) is 3.92. The van der Waals surface area contributed by atoms with Gasteiger partial charge in [-0.05, 0) is 37.0 Å². The minimum Gasteiger partial charge on any atom is -0.295 e. The largest absolute Gasteiger partial charge is 0.295 e. The van der Waals surface area contributed by atoms with Crippen molar-refractivity contribution < 1.29 is 4.39 Å². The van der Waals surface area contributed by atoms with Gasteiger partial charge in [-0.25, -0.2) is 4.39 Å². The highest BCUT2D eigenvalue weighted by atomic mass is 19.1. The summed E-state index contributed by atoms with van der Waals surface area (Å²) < 4.78 is 13.6. The van der Waals surface area contributed by atoms with E-state index >= 15 is 0 Å². The van der Waals surface area contributed by atoms with Gasteiger partial charge in [-0.15, -0.1) is 0 Å². The predicted octanol–water partition coefficient (Wildman–Crippen LogP) is 4.01. The molecule has 1 saturated carbocycles. The van der Waals surface area contributed by atoms with Crippen LogP contribution in [0.15, 0.2) is 18.2 Å². The van der Waals surface area contributed by atoms with Crippen molar-refractivity contribution in [2.75, 3.05) is 0 Å². The van der Waals surface area contributed by atoms with Crippen molar-refractivity contribution >= 4 is 0 Å². The van der Waals surface area contributed by atoms with Gasteiger partial charge in [-0.1, -0.05) is 37.8 Å². The molecule has 0 bridgehead atoms. The number of halogens is 1. The Labute approximate surface area is 114 Å². The normalized spacial score (nSPS) is 18.6. The molecular formula is C16H21FN2. The summed E-state index contributed by atoms with van der Waals surface area (Å²) in [6, 6.07) is 7.30. The van der Waals surface area contributed by atoms with E-state index in [1.807, 2.05) is 6.07 Å². The first kappa shape index (κ1) is 14.0. The molecule has 102 valence electrons. The zero-order chi connectivity index (χ0) is 13.7. The van der Waals surface area contributed by atoms with Gasteiger partial charge >= 0.3 is 0 Å². The molecule has 0 saturated heterocycles. The maximum absolute atomic E-state index is 13.6. The van der Waals surface area contributed by atoms with E-state index < -0.39 is 6.04 Å². The van der Waals surface area contributed by atoms with Crippen LogP contribution in [0.5, 0.6) is 0 Å². The fraction of sp³-hybridized carbons (Fsp3) is 0.562. The SMILES string of the molecule is Cc1ccc(C(C#N)NC2CCCCCC2)cc1F. The van der Waals surface area contributed by atoms with E-state index in [4.69, 9.17) is 0 Å². The summed E-state index contributed by atoms with van der Waals surface area (Å²) in [5.74, 6) is -0.236. The van der Waals surface area contributed by atoms with Gasteiger partial charge in [-0.3, -0.25) is 5.32 Å². The van der Waals surface area contributed by atoms with Crippen molar-refractivity contribution in [2.45, 2.75) is 57.5 Å². The summed E-state index contributed by atoms with van der Waals surface area (Å²) in [6.07, 6.45) is 7.25. The number of hydrogen-bond acceptors (Lipinski definition) is 2. The molecule has 19 heavy (non-hydrogen) atoms. The van der Waals surface area contributed by atoms with Crippen molar-refractivity contribution in [3.63, 3.8) is 0 Å². The number of rotatable bonds is 3. The van der Waals surface area contributed by atoms with E-state index in [0.717, 1.165) is 18.4 Å². The Morgan fingerprint density at radius 1 is 1.26 bits per heavy atom. The van der Waals surface area contributed by atoms with Crippen LogP contribution >= 0.6 is 0 Å². The van der Waals surface area contributed by atoms with Crippen molar-refractivity contribution in [3.8, 4) is 6.07 Å². The summed E-state index contributed by atoms with van der Waals surface area (Å²) in [6.45, 7) is 1.74. The van der Waals surface area contributed by atoms with Gasteiger partial charge in [0, 0.05) is 6.04 Å². The Balaban J connectivity index is 2.06. The van der Waals surface area contributed by atoms with Crippen molar-refractivity contribution in [2.24, 2.45) is 0 Å². The fourth-order valence-electron chi connectivity index (χ4n) is 2.68. The number of hydrogen-bond donors (Lipinski definition) is 1. The third-order valence-corrected chi connectivity index (χ3v) is 3.92. The monoisotopic (exact) mass is 260 g/mol. The lowest BCUT2D eigenvalue weighted by molar-refractivity contribution is 0.435. The number of aryl methyl sites for hydroxylation is 1. The average molecular weight is 260 g/mol. The minimum absolute atomic E-state index is 0.236. The van der Waals surface area contributed by atoms with Gasteiger partial charge in [0.1, 0.15) is 11.9 Å². The standard InChI is InChI=1S/C16H21FN2/c1-12-8-9-13(10-15(12)17)16(11-18)19-14-6-4-2-3-5-7-14/h8-10,14,16,19H,2-7H2,1H3. The van der Waals surface area contributed by atoms with Crippen LogP contribution in [0.25, 0.3) is 0 Å². The Bertz CT molecular complexity index is 456. The fourth-order valence-corrected chi connectivity index (χ4v) is 2.68. The highest BCUT2D eigenvalue weighted by Gasteiger charge is 2.18. The van der Waals surface area contributed by atoms with Crippen LogP contribution in [-0.4, -0.2) is 6.04 Å². The Hall–Kier alpha value is -1.40. The molecule has 1 N–H and O–H groups in total. The topological polar surface area (TPSA) is 35.8 Å². The van der Waals surface area contributed by atoms with E-state index in [1.54, 1.807) is 13.0 Å². The van der Waals surface area contributed by atoms with Crippen LogP contribution in [-0.2, 0) is 0 Å². The summed E-state index contributed by atoms with van der Waals surface area (Å²) >= 11 is 0. The van der Waals surface area contributed by atoms with Crippen LogP contribution < -0.4 is 5.32 Å². The molecule has 0 spiro atoms. The van der Waals surface area contributed by atoms with Gasteiger partial charge in [0.25, 0.3) is 0 Å². The Kier molecular flexibility index (Phi) is 4.93. The number of nitriles is 1. The molecule has 1 aliphatic carbocycles. The van der Waals surface area contributed by atoms with Gasteiger partial charge in [-0.2, -0.15) is 5.26 Å². The van der Waals surface area contributed by atoms with Crippen LogP contribution in [0.1, 0.15) is 55.7 Å². The van der Waals surface area contributed by atoms with E-state index in [0.29, 0.717) is 11.6 Å². The first-order chi connectivity index (χ1) is 9.20. The second-order valence-electron chi connectivity index (χ2n) is 5.43. The quantitative estimate of drug-likeness (QED) is 0.833. The molecular weight excluding hydrogens is 239 g/mol. The van der Waals surface area contributed by atoms with Crippen LogP contribution in [0.2, 0.25) is 0 Å². The molecule has 3 heteroatoms. The van der Waals surface area contributed by atoms with Gasteiger partial charge in [0.05, 0.1) is 6.07 Å². The molecule has 1 fully saturated rings. The smallest absolute Gasteiger partial charge is 0.126 e. The summed E-state index contributed by atoms with van der Waals surface area (Å²) in [7, 11) is 0. The van der Waals surface area contributed by atoms with Gasteiger partial charge < -0.3 is 0 Å². The number of benzene rings is 1. The zero-order valence-electron chi connectivity index (χ0n) is 11.5. The van der Waals surface area contributed by atoms with E-state index in [-0.39, 0.29) is 5.82 Å². The zero-order valence-corrected chi connectivity index (χ0v) is 11.5.